The molecule has 0 bridgehead atoms. The zero-order valence-corrected chi connectivity index (χ0v) is 12.6. The second kappa shape index (κ2) is 6.32. The third-order valence-electron chi connectivity index (χ3n) is 3.39. The molecule has 0 N–H and O–H groups in total. The summed E-state index contributed by atoms with van der Waals surface area (Å²) in [5.41, 5.74) is 0.229. The van der Waals surface area contributed by atoms with Crippen LogP contribution in [-0.2, 0) is 4.74 Å². The standard InChI is InChI=1S/C13H15BrN2O4/c1-20-10-3-2-6-15(8-10)13(17)9-4-5-11(14)12(7-9)16(18)19/h4-5,7,10H,2-3,6,8H2,1H3. The molecule has 1 aromatic rings. The summed E-state index contributed by atoms with van der Waals surface area (Å²) in [5.74, 6) is -0.192. The fourth-order valence-electron chi connectivity index (χ4n) is 2.28. The Morgan fingerprint density at radius 2 is 2.30 bits per heavy atom. The summed E-state index contributed by atoms with van der Waals surface area (Å²) in [4.78, 5) is 24.5. The van der Waals surface area contributed by atoms with Crippen LogP contribution < -0.4 is 0 Å². The van der Waals surface area contributed by atoms with Gasteiger partial charge in [0.05, 0.1) is 15.5 Å². The maximum atomic E-state index is 12.4. The topological polar surface area (TPSA) is 72.7 Å². The number of methoxy groups -OCH3 is 1. The lowest BCUT2D eigenvalue weighted by Gasteiger charge is -2.32. The van der Waals surface area contributed by atoms with Crippen LogP contribution in [0.4, 0.5) is 5.69 Å². The second-order valence-electron chi connectivity index (χ2n) is 4.67. The first-order valence-electron chi connectivity index (χ1n) is 6.29. The van der Waals surface area contributed by atoms with E-state index >= 15 is 0 Å². The average Bonchev–Trinajstić information content (AvgIpc) is 2.46. The molecular formula is C13H15BrN2O4. The third-order valence-corrected chi connectivity index (χ3v) is 4.06. The molecule has 1 heterocycles. The molecule has 1 saturated heterocycles. The van der Waals surface area contributed by atoms with Crippen LogP contribution in [0.2, 0.25) is 0 Å². The zero-order valence-electron chi connectivity index (χ0n) is 11.0. The maximum absolute atomic E-state index is 12.4. The van der Waals surface area contributed by atoms with E-state index in [1.54, 1.807) is 18.1 Å². The molecule has 0 aliphatic carbocycles. The van der Waals surface area contributed by atoms with Crippen molar-refractivity contribution in [2.75, 3.05) is 20.2 Å². The minimum atomic E-state index is -0.505. The Bertz CT molecular complexity index is 535. The number of carbonyl (C=O) groups is 1. The molecule has 1 aliphatic heterocycles. The van der Waals surface area contributed by atoms with Gasteiger partial charge in [-0.1, -0.05) is 0 Å². The van der Waals surface area contributed by atoms with Crippen molar-refractivity contribution < 1.29 is 14.5 Å². The highest BCUT2D eigenvalue weighted by atomic mass is 79.9. The maximum Gasteiger partial charge on any atom is 0.284 e. The molecule has 1 atom stereocenters. The molecule has 20 heavy (non-hydrogen) atoms. The molecule has 7 heteroatoms. The van der Waals surface area contributed by atoms with Gasteiger partial charge in [0.1, 0.15) is 0 Å². The van der Waals surface area contributed by atoms with E-state index < -0.39 is 4.92 Å². The molecule has 0 spiro atoms. The van der Waals surface area contributed by atoms with Crippen molar-refractivity contribution in [2.45, 2.75) is 18.9 Å². The summed E-state index contributed by atoms with van der Waals surface area (Å²) >= 11 is 3.11. The van der Waals surface area contributed by atoms with Crippen molar-refractivity contribution in [3.05, 3.63) is 38.3 Å². The normalized spacial score (nSPS) is 18.9. The van der Waals surface area contributed by atoms with Crippen LogP contribution in [0.25, 0.3) is 0 Å². The summed E-state index contributed by atoms with van der Waals surface area (Å²) < 4.78 is 5.65. The Hall–Kier alpha value is -1.47. The molecule has 108 valence electrons. The Morgan fingerprint density at radius 1 is 1.55 bits per heavy atom. The first-order valence-corrected chi connectivity index (χ1v) is 7.08. The van der Waals surface area contributed by atoms with E-state index in [-0.39, 0.29) is 17.7 Å². The lowest BCUT2D eigenvalue weighted by Crippen LogP contribution is -2.42. The van der Waals surface area contributed by atoms with Gasteiger partial charge in [0.25, 0.3) is 11.6 Å². The number of carbonyl (C=O) groups excluding carboxylic acids is 1. The molecule has 1 fully saturated rings. The number of halogens is 1. The number of nitro groups is 1. The number of benzene rings is 1. The van der Waals surface area contributed by atoms with E-state index in [0.29, 0.717) is 23.1 Å². The van der Waals surface area contributed by atoms with Gasteiger partial charge in [-0.15, -0.1) is 0 Å². The molecule has 6 nitrogen and oxygen atoms in total. The second-order valence-corrected chi connectivity index (χ2v) is 5.53. The molecular weight excluding hydrogens is 328 g/mol. The quantitative estimate of drug-likeness (QED) is 0.625. The number of piperidine rings is 1. The highest BCUT2D eigenvalue weighted by Gasteiger charge is 2.25. The summed E-state index contributed by atoms with van der Waals surface area (Å²) in [6.07, 6.45) is 1.85. The van der Waals surface area contributed by atoms with Gasteiger partial charge in [0.2, 0.25) is 0 Å². The van der Waals surface area contributed by atoms with Crippen molar-refractivity contribution in [1.29, 1.82) is 0 Å². The third kappa shape index (κ3) is 3.16. The molecule has 0 saturated carbocycles. The van der Waals surface area contributed by atoms with E-state index in [0.717, 1.165) is 12.8 Å². The summed E-state index contributed by atoms with van der Waals surface area (Å²) in [6.45, 7) is 1.18. The van der Waals surface area contributed by atoms with Gasteiger partial charge >= 0.3 is 0 Å². The van der Waals surface area contributed by atoms with Crippen molar-refractivity contribution >= 4 is 27.5 Å². The van der Waals surface area contributed by atoms with Gasteiger partial charge in [-0.3, -0.25) is 14.9 Å². The Kier molecular flexibility index (Phi) is 4.72. The molecule has 1 aromatic carbocycles. The van der Waals surface area contributed by atoms with E-state index in [1.807, 2.05) is 0 Å². The Balaban J connectivity index is 2.20. The highest BCUT2D eigenvalue weighted by Crippen LogP contribution is 2.26. The number of amides is 1. The fraction of sp³-hybridized carbons (Fsp3) is 0.462. The smallest absolute Gasteiger partial charge is 0.284 e. The van der Waals surface area contributed by atoms with E-state index in [9.17, 15) is 14.9 Å². The SMILES string of the molecule is COC1CCCN(C(=O)c2ccc(Br)c([N+](=O)[O-])c2)C1. The van der Waals surface area contributed by atoms with Crippen LogP contribution in [0.5, 0.6) is 0 Å². The number of nitro benzene ring substituents is 1. The number of nitrogens with zero attached hydrogens (tertiary/aromatic N) is 2. The monoisotopic (exact) mass is 342 g/mol. The van der Waals surface area contributed by atoms with Crippen LogP contribution >= 0.6 is 15.9 Å². The van der Waals surface area contributed by atoms with Crippen LogP contribution in [0, 0.1) is 10.1 Å². The van der Waals surface area contributed by atoms with Gasteiger partial charge in [-0.05, 0) is 40.9 Å². The fourth-order valence-corrected chi connectivity index (χ4v) is 2.67. The summed E-state index contributed by atoms with van der Waals surface area (Å²) in [5, 5.41) is 10.9. The minimum absolute atomic E-state index is 0.0399. The summed E-state index contributed by atoms with van der Waals surface area (Å²) in [6, 6.07) is 4.43. The lowest BCUT2D eigenvalue weighted by atomic mass is 10.1. The summed E-state index contributed by atoms with van der Waals surface area (Å²) in [7, 11) is 1.63. The first-order chi connectivity index (χ1) is 9.52. The predicted molar refractivity (Wildman–Crippen MR) is 76.7 cm³/mol. The van der Waals surface area contributed by atoms with Crippen molar-refractivity contribution in [3.8, 4) is 0 Å². The number of likely N-dealkylation sites (tertiary alicyclic amines) is 1. The zero-order chi connectivity index (χ0) is 14.7. The molecule has 2 rings (SSSR count). The van der Waals surface area contributed by atoms with Gasteiger partial charge in [-0.2, -0.15) is 0 Å². The molecule has 1 unspecified atom stereocenters. The van der Waals surface area contributed by atoms with E-state index in [2.05, 4.69) is 15.9 Å². The van der Waals surface area contributed by atoms with Crippen LogP contribution in [0.3, 0.4) is 0 Å². The number of hydrogen-bond acceptors (Lipinski definition) is 4. The van der Waals surface area contributed by atoms with Crippen molar-refractivity contribution in [2.24, 2.45) is 0 Å². The Morgan fingerprint density at radius 3 is 2.95 bits per heavy atom. The van der Waals surface area contributed by atoms with Crippen LogP contribution in [-0.4, -0.2) is 42.0 Å². The van der Waals surface area contributed by atoms with Crippen molar-refractivity contribution in [3.63, 3.8) is 0 Å². The first kappa shape index (κ1) is 14.9. The number of hydrogen-bond donors (Lipinski definition) is 0. The predicted octanol–water partition coefficient (Wildman–Crippen LogP) is 2.61. The van der Waals surface area contributed by atoms with Gasteiger partial charge in [0.15, 0.2) is 0 Å². The van der Waals surface area contributed by atoms with Gasteiger partial charge in [0, 0.05) is 31.8 Å². The highest BCUT2D eigenvalue weighted by molar-refractivity contribution is 9.10. The van der Waals surface area contributed by atoms with Crippen LogP contribution in [0.1, 0.15) is 23.2 Å². The van der Waals surface area contributed by atoms with Crippen molar-refractivity contribution in [1.82, 2.24) is 4.90 Å². The van der Waals surface area contributed by atoms with E-state index in [1.165, 1.54) is 12.1 Å². The largest absolute Gasteiger partial charge is 0.380 e. The number of rotatable bonds is 3. The van der Waals surface area contributed by atoms with E-state index in [4.69, 9.17) is 4.74 Å². The molecule has 1 aliphatic rings. The molecule has 1 amide bonds. The van der Waals surface area contributed by atoms with Crippen LogP contribution in [0.15, 0.2) is 22.7 Å². The van der Waals surface area contributed by atoms with Gasteiger partial charge < -0.3 is 9.64 Å². The lowest BCUT2D eigenvalue weighted by molar-refractivity contribution is -0.385. The Labute approximate surface area is 125 Å². The van der Waals surface area contributed by atoms with Gasteiger partial charge in [-0.25, -0.2) is 0 Å². The number of ether oxygens (including phenoxy) is 1. The molecule has 0 radical (unpaired) electrons. The minimum Gasteiger partial charge on any atom is -0.380 e. The molecule has 0 aromatic heterocycles. The average molecular weight is 343 g/mol.